The molecule has 0 bridgehead atoms. The Labute approximate surface area is 103 Å². The first kappa shape index (κ1) is 11.4. The molecule has 1 rings (SSSR count). The van der Waals surface area contributed by atoms with Crippen molar-refractivity contribution in [1.82, 2.24) is 0 Å². The molecule has 0 aliphatic heterocycles. The van der Waals surface area contributed by atoms with Crippen LogP contribution in [-0.4, -0.2) is 20.8 Å². The normalized spacial score (nSPS) is 36.8. The monoisotopic (exact) mass is 424 g/mol. The molecular weight excluding hydrogens is 424 g/mol. The lowest BCUT2D eigenvalue weighted by molar-refractivity contribution is 0.217. The summed E-state index contributed by atoms with van der Waals surface area (Å²) in [4.78, 5) is 0. The highest BCUT2D eigenvalue weighted by Crippen LogP contribution is 2.43. The standard InChI is InChI=1S/C6H4Br4O2/c7-2-1-6(10,12)5(9)3(8)4(2)11/h1,4,11-12H. The van der Waals surface area contributed by atoms with Crippen LogP contribution < -0.4 is 0 Å². The fraction of sp³-hybridized carbons (Fsp3) is 0.333. The summed E-state index contributed by atoms with van der Waals surface area (Å²) in [5.74, 6) is 0. The van der Waals surface area contributed by atoms with Crippen LogP contribution in [-0.2, 0) is 0 Å². The van der Waals surface area contributed by atoms with Crippen LogP contribution in [0.1, 0.15) is 0 Å². The molecule has 1 aliphatic carbocycles. The molecule has 0 fully saturated rings. The smallest absolute Gasteiger partial charge is 0.172 e. The highest BCUT2D eigenvalue weighted by Gasteiger charge is 2.34. The highest BCUT2D eigenvalue weighted by molar-refractivity contribution is 9.15. The molecule has 68 valence electrons. The molecular formula is C6H4Br4O2. The number of aliphatic hydroxyl groups is 2. The molecule has 0 radical (unpaired) electrons. The van der Waals surface area contributed by atoms with Crippen LogP contribution >= 0.6 is 63.7 Å². The maximum atomic E-state index is 9.67. The average Bonchev–Trinajstić information content (AvgIpc) is 1.97. The number of aliphatic hydroxyl groups excluding tert-OH is 1. The third kappa shape index (κ3) is 2.04. The predicted octanol–water partition coefficient (Wildman–Crippen LogP) is 2.72. The summed E-state index contributed by atoms with van der Waals surface area (Å²) >= 11 is 12.5. The van der Waals surface area contributed by atoms with Gasteiger partial charge >= 0.3 is 0 Å². The summed E-state index contributed by atoms with van der Waals surface area (Å²) in [6.07, 6.45) is 0.712. The second-order valence-corrected chi connectivity index (χ2v) is 6.04. The van der Waals surface area contributed by atoms with Crippen molar-refractivity contribution < 1.29 is 10.2 Å². The second kappa shape index (κ2) is 3.82. The van der Waals surface area contributed by atoms with Gasteiger partial charge in [-0.2, -0.15) is 0 Å². The molecule has 2 N–H and O–H groups in total. The lowest BCUT2D eigenvalue weighted by atomic mass is 10.1. The van der Waals surface area contributed by atoms with Gasteiger partial charge in [0.25, 0.3) is 0 Å². The second-order valence-electron chi connectivity index (χ2n) is 2.27. The molecule has 2 nitrogen and oxygen atoms in total. The Hall–Kier alpha value is 1.32. The minimum absolute atomic E-state index is 0.464. The quantitative estimate of drug-likeness (QED) is 0.584. The Morgan fingerprint density at radius 3 is 2.33 bits per heavy atom. The van der Waals surface area contributed by atoms with Gasteiger partial charge in [0.2, 0.25) is 0 Å². The molecule has 12 heavy (non-hydrogen) atoms. The first-order valence-corrected chi connectivity index (χ1v) is 6.06. The molecule has 0 spiro atoms. The van der Waals surface area contributed by atoms with E-state index in [4.69, 9.17) is 0 Å². The zero-order chi connectivity index (χ0) is 9.52. The van der Waals surface area contributed by atoms with Gasteiger partial charge in [0.1, 0.15) is 6.10 Å². The van der Waals surface area contributed by atoms with E-state index >= 15 is 0 Å². The van der Waals surface area contributed by atoms with E-state index in [1.165, 1.54) is 6.08 Å². The van der Waals surface area contributed by atoms with Gasteiger partial charge in [0.15, 0.2) is 4.51 Å². The van der Waals surface area contributed by atoms with E-state index in [2.05, 4.69) is 63.7 Å². The Morgan fingerprint density at radius 1 is 1.33 bits per heavy atom. The van der Waals surface area contributed by atoms with Crippen molar-refractivity contribution in [3.63, 3.8) is 0 Å². The lowest BCUT2D eigenvalue weighted by Gasteiger charge is -2.26. The number of halogens is 4. The molecule has 1 aliphatic rings. The van der Waals surface area contributed by atoms with Crippen molar-refractivity contribution in [3.05, 3.63) is 19.5 Å². The van der Waals surface area contributed by atoms with Crippen molar-refractivity contribution in [2.45, 2.75) is 10.6 Å². The molecule has 6 heteroatoms. The largest absolute Gasteiger partial charge is 0.383 e. The summed E-state index contributed by atoms with van der Waals surface area (Å²) in [6.45, 7) is 0. The molecule has 0 saturated carbocycles. The summed E-state index contributed by atoms with van der Waals surface area (Å²) in [6, 6.07) is 0. The molecule has 0 heterocycles. The van der Waals surface area contributed by atoms with Crippen molar-refractivity contribution in [2.75, 3.05) is 0 Å². The van der Waals surface area contributed by atoms with Crippen LogP contribution in [0.3, 0.4) is 0 Å². The molecule has 0 aromatic rings. The molecule has 2 unspecified atom stereocenters. The van der Waals surface area contributed by atoms with Gasteiger partial charge in [-0.25, -0.2) is 0 Å². The van der Waals surface area contributed by atoms with Gasteiger partial charge in [-0.3, -0.25) is 0 Å². The number of alkyl halides is 1. The average molecular weight is 428 g/mol. The van der Waals surface area contributed by atoms with Gasteiger partial charge in [0, 0.05) is 8.96 Å². The van der Waals surface area contributed by atoms with Crippen LogP contribution in [0.15, 0.2) is 19.5 Å². The summed E-state index contributed by atoms with van der Waals surface area (Å²) in [7, 11) is 0. The van der Waals surface area contributed by atoms with Crippen LogP contribution in [0.4, 0.5) is 0 Å². The lowest BCUT2D eigenvalue weighted by Crippen LogP contribution is -2.26. The first-order chi connectivity index (χ1) is 5.36. The third-order valence-corrected chi connectivity index (χ3v) is 5.56. The SMILES string of the molecule is OC1C(Br)=CC(O)(Br)C(Br)=C1Br. The maximum absolute atomic E-state index is 9.67. The van der Waals surface area contributed by atoms with E-state index in [-0.39, 0.29) is 0 Å². The van der Waals surface area contributed by atoms with Crippen molar-refractivity contribution in [3.8, 4) is 0 Å². The fourth-order valence-corrected chi connectivity index (χ4v) is 3.51. The van der Waals surface area contributed by atoms with Crippen LogP contribution in [0.2, 0.25) is 0 Å². The van der Waals surface area contributed by atoms with Gasteiger partial charge in [-0.05, 0) is 22.0 Å². The van der Waals surface area contributed by atoms with Crippen LogP contribution in [0.25, 0.3) is 0 Å². The Kier molecular flexibility index (Phi) is 3.63. The molecule has 0 aromatic heterocycles. The van der Waals surface area contributed by atoms with Crippen LogP contribution in [0.5, 0.6) is 0 Å². The van der Waals surface area contributed by atoms with E-state index in [0.717, 1.165) is 0 Å². The fourth-order valence-electron chi connectivity index (χ4n) is 0.734. The van der Waals surface area contributed by atoms with Crippen molar-refractivity contribution in [2.24, 2.45) is 0 Å². The van der Waals surface area contributed by atoms with Gasteiger partial charge in [-0.1, -0.05) is 47.8 Å². The molecule has 0 aromatic carbocycles. The predicted molar refractivity (Wildman–Crippen MR) is 61.8 cm³/mol. The Balaban J connectivity index is 3.15. The van der Waals surface area contributed by atoms with E-state index in [1.807, 2.05) is 0 Å². The third-order valence-electron chi connectivity index (χ3n) is 1.35. The van der Waals surface area contributed by atoms with E-state index in [1.54, 1.807) is 0 Å². The van der Waals surface area contributed by atoms with E-state index < -0.39 is 10.6 Å². The Bertz CT molecular complexity index is 269. The number of hydrogen-bond donors (Lipinski definition) is 2. The van der Waals surface area contributed by atoms with Crippen LogP contribution in [0, 0.1) is 0 Å². The maximum Gasteiger partial charge on any atom is 0.172 e. The summed E-state index contributed by atoms with van der Waals surface area (Å²) < 4.78 is 0.225. The minimum Gasteiger partial charge on any atom is -0.383 e. The topological polar surface area (TPSA) is 40.5 Å². The van der Waals surface area contributed by atoms with Crippen molar-refractivity contribution >= 4 is 63.7 Å². The van der Waals surface area contributed by atoms with Crippen molar-refractivity contribution in [1.29, 1.82) is 0 Å². The minimum atomic E-state index is -1.25. The Morgan fingerprint density at radius 2 is 1.83 bits per heavy atom. The van der Waals surface area contributed by atoms with E-state index in [9.17, 15) is 10.2 Å². The zero-order valence-electron chi connectivity index (χ0n) is 5.56. The van der Waals surface area contributed by atoms with Gasteiger partial charge in [-0.15, -0.1) is 0 Å². The highest BCUT2D eigenvalue weighted by atomic mass is 79.9. The molecule has 2 atom stereocenters. The van der Waals surface area contributed by atoms with E-state index in [0.29, 0.717) is 13.4 Å². The molecule has 0 amide bonds. The first-order valence-electron chi connectivity index (χ1n) is 2.89. The van der Waals surface area contributed by atoms with Gasteiger partial charge in [0.05, 0.1) is 4.48 Å². The number of hydrogen-bond acceptors (Lipinski definition) is 2. The summed E-state index contributed by atoms with van der Waals surface area (Å²) in [5.41, 5.74) is 0. The van der Waals surface area contributed by atoms with Gasteiger partial charge < -0.3 is 10.2 Å². The number of rotatable bonds is 0. The zero-order valence-corrected chi connectivity index (χ0v) is 11.9. The summed E-state index contributed by atoms with van der Waals surface area (Å²) in [5, 5.41) is 19.1. The molecule has 0 saturated heterocycles.